The highest BCUT2D eigenvalue weighted by Gasteiger charge is 2.37. The molecule has 2 heterocycles. The monoisotopic (exact) mass is 552 g/mol. The molecular formula is C27H19F7N2O3. The molecule has 2 aromatic carbocycles. The summed E-state index contributed by atoms with van der Waals surface area (Å²) in [5.74, 6) is -2.30. The molecule has 0 aliphatic carbocycles. The highest BCUT2D eigenvalue weighted by molar-refractivity contribution is 6.06. The fourth-order valence-corrected chi connectivity index (χ4v) is 3.91. The summed E-state index contributed by atoms with van der Waals surface area (Å²) >= 11 is 0. The summed E-state index contributed by atoms with van der Waals surface area (Å²) in [6, 6.07) is 8.93. The summed E-state index contributed by atoms with van der Waals surface area (Å²) in [4.78, 5) is 30.2. The van der Waals surface area contributed by atoms with E-state index in [1.54, 1.807) is 6.07 Å². The Bertz CT molecular complexity index is 1570. The minimum Gasteiger partial charge on any atom is -0.415 e. The Kier molecular flexibility index (Phi) is 7.24. The Hall–Kier alpha value is -4.22. The number of pyridine rings is 1. The molecule has 0 radical (unpaired) electrons. The molecule has 0 aliphatic rings. The van der Waals surface area contributed by atoms with Crippen molar-refractivity contribution in [1.82, 2.24) is 10.3 Å². The maximum absolute atomic E-state index is 13.6. The van der Waals surface area contributed by atoms with Crippen molar-refractivity contribution in [2.45, 2.75) is 38.7 Å². The molecule has 204 valence electrons. The van der Waals surface area contributed by atoms with E-state index in [2.05, 4.69) is 10.3 Å². The van der Waals surface area contributed by atoms with E-state index in [9.17, 15) is 40.3 Å². The molecule has 4 rings (SSSR count). The smallest absolute Gasteiger partial charge is 0.415 e. The number of fused-ring (bicyclic) bond motifs is 1. The molecule has 1 N–H and O–H groups in total. The van der Waals surface area contributed by atoms with Crippen LogP contribution in [0.1, 0.15) is 52.7 Å². The Morgan fingerprint density at radius 3 is 2.05 bits per heavy atom. The third-order valence-electron chi connectivity index (χ3n) is 5.83. The predicted octanol–water partition coefficient (Wildman–Crippen LogP) is 7.09. The van der Waals surface area contributed by atoms with Gasteiger partial charge in [-0.1, -0.05) is 26.0 Å². The van der Waals surface area contributed by atoms with E-state index in [4.69, 9.17) is 4.42 Å². The minimum atomic E-state index is -5.07. The van der Waals surface area contributed by atoms with Crippen molar-refractivity contribution in [3.63, 3.8) is 0 Å². The van der Waals surface area contributed by atoms with Gasteiger partial charge in [-0.2, -0.15) is 26.3 Å². The molecule has 0 saturated heterocycles. The molecule has 0 atom stereocenters. The summed E-state index contributed by atoms with van der Waals surface area (Å²) < 4.78 is 98.1. The van der Waals surface area contributed by atoms with E-state index < -0.39 is 58.7 Å². The minimum absolute atomic E-state index is 0.0290. The lowest BCUT2D eigenvalue weighted by Crippen LogP contribution is -2.25. The lowest BCUT2D eigenvalue weighted by molar-refractivity contribution is -0.143. The van der Waals surface area contributed by atoms with Crippen LogP contribution >= 0.6 is 0 Å². The number of nitrogens with zero attached hydrogens (tertiary/aromatic N) is 1. The van der Waals surface area contributed by atoms with Gasteiger partial charge in [-0.25, -0.2) is 14.2 Å². The van der Waals surface area contributed by atoms with E-state index in [-0.39, 0.29) is 34.0 Å². The fourth-order valence-electron chi connectivity index (χ4n) is 3.91. The number of aromatic nitrogens is 1. The van der Waals surface area contributed by atoms with Crippen LogP contribution in [0.3, 0.4) is 0 Å². The number of hydrogen-bond acceptors (Lipinski definition) is 4. The molecule has 0 bridgehead atoms. The molecule has 4 aromatic rings. The van der Waals surface area contributed by atoms with Crippen LogP contribution in [0.15, 0.2) is 63.8 Å². The summed E-state index contributed by atoms with van der Waals surface area (Å²) in [6.45, 7) is 2.94. The van der Waals surface area contributed by atoms with Gasteiger partial charge in [-0.15, -0.1) is 0 Å². The number of hydrogen-bond donors (Lipinski definition) is 1. The maximum atomic E-state index is 13.6. The van der Waals surface area contributed by atoms with Gasteiger partial charge in [0.15, 0.2) is 5.52 Å². The van der Waals surface area contributed by atoms with E-state index in [1.807, 2.05) is 13.8 Å². The third-order valence-corrected chi connectivity index (χ3v) is 5.83. The van der Waals surface area contributed by atoms with E-state index >= 15 is 0 Å². The van der Waals surface area contributed by atoms with E-state index in [0.717, 1.165) is 12.1 Å². The quantitative estimate of drug-likeness (QED) is 0.269. The van der Waals surface area contributed by atoms with Crippen LogP contribution in [-0.4, -0.2) is 10.9 Å². The van der Waals surface area contributed by atoms with Gasteiger partial charge >= 0.3 is 18.0 Å². The highest BCUT2D eigenvalue weighted by atomic mass is 19.4. The molecule has 0 saturated carbocycles. The Labute approximate surface area is 216 Å². The summed E-state index contributed by atoms with van der Waals surface area (Å²) in [5, 5.41) is 2.40. The summed E-state index contributed by atoms with van der Waals surface area (Å²) in [5.41, 5.74) is -3.80. The normalized spacial score (nSPS) is 12.3. The van der Waals surface area contributed by atoms with Crippen LogP contribution in [0, 0.1) is 5.82 Å². The van der Waals surface area contributed by atoms with Gasteiger partial charge in [0.05, 0.1) is 11.1 Å². The van der Waals surface area contributed by atoms with Crippen LogP contribution in [0.25, 0.3) is 22.0 Å². The molecule has 0 spiro atoms. The molecule has 0 aliphatic heterocycles. The Morgan fingerprint density at radius 1 is 0.923 bits per heavy atom. The highest BCUT2D eigenvalue weighted by Crippen LogP contribution is 2.36. The molecule has 39 heavy (non-hydrogen) atoms. The predicted molar refractivity (Wildman–Crippen MR) is 127 cm³/mol. The van der Waals surface area contributed by atoms with Gasteiger partial charge in [0.25, 0.3) is 5.91 Å². The zero-order valence-electron chi connectivity index (χ0n) is 20.3. The van der Waals surface area contributed by atoms with Crippen molar-refractivity contribution in [1.29, 1.82) is 0 Å². The number of carbonyl (C=O) groups excluding carboxylic acids is 1. The molecular weight excluding hydrogens is 533 g/mol. The van der Waals surface area contributed by atoms with Gasteiger partial charge in [-0.3, -0.25) is 4.79 Å². The number of nitrogens with one attached hydrogen (secondary N) is 1. The van der Waals surface area contributed by atoms with Crippen molar-refractivity contribution in [3.8, 4) is 11.1 Å². The van der Waals surface area contributed by atoms with Gasteiger partial charge < -0.3 is 9.73 Å². The van der Waals surface area contributed by atoms with Crippen LogP contribution in [0.4, 0.5) is 30.7 Å². The number of amides is 1. The van der Waals surface area contributed by atoms with E-state index in [0.29, 0.717) is 17.8 Å². The van der Waals surface area contributed by atoms with Gasteiger partial charge in [-0.05, 0) is 59.5 Å². The lowest BCUT2D eigenvalue weighted by Gasteiger charge is -2.15. The second-order valence-corrected chi connectivity index (χ2v) is 8.98. The molecule has 0 unspecified atom stereocenters. The first-order valence-electron chi connectivity index (χ1n) is 11.5. The van der Waals surface area contributed by atoms with Crippen LogP contribution in [0.5, 0.6) is 0 Å². The first-order valence-corrected chi connectivity index (χ1v) is 11.5. The Morgan fingerprint density at radius 2 is 1.51 bits per heavy atom. The molecule has 1 amide bonds. The molecule has 0 fully saturated rings. The number of carbonyl (C=O) groups is 1. The van der Waals surface area contributed by atoms with Crippen LogP contribution in [-0.2, 0) is 18.9 Å². The van der Waals surface area contributed by atoms with Crippen LogP contribution in [0.2, 0.25) is 0 Å². The SMILES string of the molecule is CC(C)c1ccc2c(-c3ccc(F)cc3)c(C(=O)NCc3cc(C(F)(F)F)cc(C(F)(F)F)c3)oc(=O)c2n1. The molecule has 12 heteroatoms. The van der Waals surface area contributed by atoms with Crippen molar-refractivity contribution >= 4 is 16.8 Å². The number of halogens is 7. The summed E-state index contributed by atoms with van der Waals surface area (Å²) in [7, 11) is 0. The zero-order valence-corrected chi connectivity index (χ0v) is 20.3. The van der Waals surface area contributed by atoms with Crippen molar-refractivity contribution in [2.24, 2.45) is 0 Å². The lowest BCUT2D eigenvalue weighted by atomic mass is 9.98. The average Bonchev–Trinajstić information content (AvgIpc) is 2.86. The number of rotatable bonds is 5. The van der Waals surface area contributed by atoms with Gasteiger partial charge in [0.1, 0.15) is 5.82 Å². The van der Waals surface area contributed by atoms with E-state index in [1.165, 1.54) is 18.2 Å². The van der Waals surface area contributed by atoms with Gasteiger partial charge in [0.2, 0.25) is 5.76 Å². The van der Waals surface area contributed by atoms with Gasteiger partial charge in [0, 0.05) is 23.2 Å². The fraction of sp³-hybridized carbons (Fsp3) is 0.222. The van der Waals surface area contributed by atoms with Crippen molar-refractivity contribution < 1.29 is 39.9 Å². The topological polar surface area (TPSA) is 72.2 Å². The van der Waals surface area contributed by atoms with Crippen molar-refractivity contribution in [3.05, 3.63) is 99.0 Å². The molecule has 2 aromatic heterocycles. The number of alkyl halides is 6. The molecule has 5 nitrogen and oxygen atoms in total. The Balaban J connectivity index is 1.79. The first-order chi connectivity index (χ1) is 18.1. The van der Waals surface area contributed by atoms with Crippen LogP contribution < -0.4 is 10.9 Å². The largest absolute Gasteiger partial charge is 0.416 e. The average molecular weight is 552 g/mol. The second-order valence-electron chi connectivity index (χ2n) is 8.98. The number of benzene rings is 2. The third kappa shape index (κ3) is 5.94. The summed E-state index contributed by atoms with van der Waals surface area (Å²) in [6.07, 6.45) is -10.1. The standard InChI is InChI=1S/C27H19F7N2O3/c1-13(2)20-8-7-19-21(15-3-5-18(28)6-4-15)23(39-25(38)22(19)36-20)24(37)35-12-14-9-16(26(29,30)31)11-17(10-14)27(32,33)34/h3-11,13H,12H2,1-2H3,(H,35,37). The first kappa shape index (κ1) is 27.8. The zero-order chi connectivity index (χ0) is 28.7. The van der Waals surface area contributed by atoms with Crippen molar-refractivity contribution in [2.75, 3.05) is 0 Å². The maximum Gasteiger partial charge on any atom is 0.416 e. The second kappa shape index (κ2) is 10.2.